The number of hydrogen-bond acceptors (Lipinski definition) is 3. The number of aryl methyl sites for hydroxylation is 1. The van der Waals surface area contributed by atoms with Gasteiger partial charge in [0.15, 0.2) is 0 Å². The van der Waals surface area contributed by atoms with Crippen molar-refractivity contribution in [3.63, 3.8) is 0 Å². The van der Waals surface area contributed by atoms with Crippen LogP contribution < -0.4 is 10.1 Å². The fourth-order valence-corrected chi connectivity index (χ4v) is 2.08. The van der Waals surface area contributed by atoms with E-state index >= 15 is 0 Å². The molecule has 0 spiro atoms. The molecule has 0 bridgehead atoms. The van der Waals surface area contributed by atoms with Crippen molar-refractivity contribution in [3.05, 3.63) is 29.8 Å². The number of aliphatic hydroxyl groups excluding tert-OH is 1. The Balaban J connectivity index is 2.11. The van der Waals surface area contributed by atoms with Crippen LogP contribution in [0.5, 0.6) is 5.75 Å². The minimum atomic E-state index is -0.461. The molecular formula is C17H27NO3. The minimum absolute atomic E-state index is 0.0364. The molecule has 0 saturated heterocycles. The summed E-state index contributed by atoms with van der Waals surface area (Å²) in [5, 5.41) is 12.4. The number of benzene rings is 1. The molecule has 1 amide bonds. The van der Waals surface area contributed by atoms with Crippen LogP contribution in [0.25, 0.3) is 0 Å². The average molecular weight is 293 g/mol. The fourth-order valence-electron chi connectivity index (χ4n) is 2.08. The predicted octanol–water partition coefficient (Wildman–Crippen LogP) is 2.68. The quantitative estimate of drug-likeness (QED) is 0.688. The van der Waals surface area contributed by atoms with Crippen LogP contribution in [0, 0.1) is 12.8 Å². The third-order valence-corrected chi connectivity index (χ3v) is 3.08. The molecule has 0 aliphatic heterocycles. The maximum absolute atomic E-state index is 11.6. The summed E-state index contributed by atoms with van der Waals surface area (Å²) in [4.78, 5) is 11.6. The Hall–Kier alpha value is -1.55. The van der Waals surface area contributed by atoms with E-state index in [2.05, 4.69) is 5.32 Å². The molecule has 1 aromatic rings. The van der Waals surface area contributed by atoms with Crippen LogP contribution in [-0.2, 0) is 4.79 Å². The molecule has 4 heteroatoms. The van der Waals surface area contributed by atoms with E-state index in [9.17, 15) is 9.90 Å². The Morgan fingerprint density at radius 1 is 1.38 bits per heavy atom. The van der Waals surface area contributed by atoms with Crippen molar-refractivity contribution in [1.82, 2.24) is 5.32 Å². The second-order valence-electron chi connectivity index (χ2n) is 5.86. The molecule has 0 aliphatic rings. The highest BCUT2D eigenvalue weighted by Gasteiger charge is 2.08. The summed E-state index contributed by atoms with van der Waals surface area (Å²) in [6, 6.07) is 7.86. The number of nitrogens with one attached hydrogen (secondary N) is 1. The van der Waals surface area contributed by atoms with Gasteiger partial charge in [-0.25, -0.2) is 0 Å². The van der Waals surface area contributed by atoms with E-state index in [-0.39, 0.29) is 5.91 Å². The summed E-state index contributed by atoms with van der Waals surface area (Å²) in [5.41, 5.74) is 1.16. The first-order valence-corrected chi connectivity index (χ1v) is 7.61. The second kappa shape index (κ2) is 9.40. The largest absolute Gasteiger partial charge is 0.494 e. The Labute approximate surface area is 127 Å². The van der Waals surface area contributed by atoms with Crippen LogP contribution in [0.15, 0.2) is 24.3 Å². The topological polar surface area (TPSA) is 58.6 Å². The molecule has 0 aliphatic carbocycles. The van der Waals surface area contributed by atoms with E-state index in [1.165, 1.54) is 0 Å². The Kier molecular flexibility index (Phi) is 7.83. The SMILES string of the molecule is Cc1cccc(OCCCC(=O)NCC(O)CC(C)C)c1. The lowest BCUT2D eigenvalue weighted by Gasteiger charge is -2.13. The maximum atomic E-state index is 11.6. The highest BCUT2D eigenvalue weighted by molar-refractivity contribution is 5.75. The van der Waals surface area contributed by atoms with Gasteiger partial charge in [-0.15, -0.1) is 0 Å². The fraction of sp³-hybridized carbons (Fsp3) is 0.588. The molecule has 0 radical (unpaired) electrons. The van der Waals surface area contributed by atoms with Crippen LogP contribution >= 0.6 is 0 Å². The smallest absolute Gasteiger partial charge is 0.220 e. The van der Waals surface area contributed by atoms with Gasteiger partial charge in [0.05, 0.1) is 12.7 Å². The molecule has 1 atom stereocenters. The van der Waals surface area contributed by atoms with Gasteiger partial charge >= 0.3 is 0 Å². The summed E-state index contributed by atoms with van der Waals surface area (Å²) >= 11 is 0. The van der Waals surface area contributed by atoms with Gasteiger partial charge < -0.3 is 15.2 Å². The summed E-state index contributed by atoms with van der Waals surface area (Å²) < 4.78 is 5.59. The molecule has 0 heterocycles. The van der Waals surface area contributed by atoms with E-state index in [0.29, 0.717) is 38.3 Å². The van der Waals surface area contributed by atoms with Gasteiger partial charge in [-0.1, -0.05) is 26.0 Å². The molecule has 1 aromatic carbocycles. The summed E-state index contributed by atoms with van der Waals surface area (Å²) in [7, 11) is 0. The van der Waals surface area contributed by atoms with E-state index in [1.807, 2.05) is 45.0 Å². The van der Waals surface area contributed by atoms with Gasteiger partial charge in [-0.05, 0) is 43.4 Å². The number of aliphatic hydroxyl groups is 1. The number of amides is 1. The minimum Gasteiger partial charge on any atom is -0.494 e. The van der Waals surface area contributed by atoms with E-state index in [4.69, 9.17) is 4.74 Å². The predicted molar refractivity (Wildman–Crippen MR) is 84.4 cm³/mol. The van der Waals surface area contributed by atoms with E-state index in [1.54, 1.807) is 0 Å². The van der Waals surface area contributed by atoms with Crippen molar-refractivity contribution in [2.75, 3.05) is 13.2 Å². The van der Waals surface area contributed by atoms with Crippen LogP contribution in [0.3, 0.4) is 0 Å². The molecule has 1 rings (SSSR count). The van der Waals surface area contributed by atoms with Gasteiger partial charge in [0.25, 0.3) is 0 Å². The molecule has 118 valence electrons. The van der Waals surface area contributed by atoms with Gasteiger partial charge in [0.2, 0.25) is 5.91 Å². The Morgan fingerprint density at radius 3 is 2.81 bits per heavy atom. The molecule has 4 nitrogen and oxygen atoms in total. The molecule has 0 aromatic heterocycles. The van der Waals surface area contributed by atoms with Crippen molar-refractivity contribution >= 4 is 5.91 Å². The third-order valence-electron chi connectivity index (χ3n) is 3.08. The highest BCUT2D eigenvalue weighted by atomic mass is 16.5. The lowest BCUT2D eigenvalue weighted by Crippen LogP contribution is -2.32. The normalized spacial score (nSPS) is 12.2. The summed E-state index contributed by atoms with van der Waals surface area (Å²) in [6.45, 7) is 6.96. The second-order valence-corrected chi connectivity index (χ2v) is 5.86. The molecule has 21 heavy (non-hydrogen) atoms. The van der Waals surface area contributed by atoms with Gasteiger partial charge in [0, 0.05) is 13.0 Å². The van der Waals surface area contributed by atoms with Crippen molar-refractivity contribution in [3.8, 4) is 5.75 Å². The number of carbonyl (C=O) groups excluding carboxylic acids is 1. The summed E-state index contributed by atoms with van der Waals surface area (Å²) in [6.07, 6.45) is 1.33. The Bertz CT molecular complexity index is 432. The lowest BCUT2D eigenvalue weighted by molar-refractivity contribution is -0.121. The van der Waals surface area contributed by atoms with Crippen molar-refractivity contribution in [2.45, 2.75) is 46.1 Å². The molecule has 2 N–H and O–H groups in total. The zero-order valence-electron chi connectivity index (χ0n) is 13.3. The Morgan fingerprint density at radius 2 is 2.14 bits per heavy atom. The van der Waals surface area contributed by atoms with Crippen LogP contribution in [0.1, 0.15) is 38.7 Å². The average Bonchev–Trinajstić information content (AvgIpc) is 2.41. The number of hydrogen-bond donors (Lipinski definition) is 2. The monoisotopic (exact) mass is 293 g/mol. The van der Waals surface area contributed by atoms with Crippen molar-refractivity contribution in [1.29, 1.82) is 0 Å². The molecule has 0 saturated carbocycles. The first-order chi connectivity index (χ1) is 9.97. The molecule has 1 unspecified atom stereocenters. The number of rotatable bonds is 9. The first-order valence-electron chi connectivity index (χ1n) is 7.61. The van der Waals surface area contributed by atoms with Crippen molar-refractivity contribution in [2.24, 2.45) is 5.92 Å². The van der Waals surface area contributed by atoms with Gasteiger partial charge in [-0.2, -0.15) is 0 Å². The number of ether oxygens (including phenoxy) is 1. The van der Waals surface area contributed by atoms with Gasteiger partial charge in [0.1, 0.15) is 5.75 Å². The van der Waals surface area contributed by atoms with E-state index < -0.39 is 6.10 Å². The van der Waals surface area contributed by atoms with Crippen LogP contribution in [0.4, 0.5) is 0 Å². The highest BCUT2D eigenvalue weighted by Crippen LogP contribution is 2.12. The maximum Gasteiger partial charge on any atom is 0.220 e. The standard InChI is InChI=1S/C17H27NO3/c1-13(2)10-15(19)12-18-17(20)8-5-9-21-16-7-4-6-14(3)11-16/h4,6-7,11,13,15,19H,5,8-10,12H2,1-3H3,(H,18,20). The zero-order valence-corrected chi connectivity index (χ0v) is 13.3. The van der Waals surface area contributed by atoms with Crippen LogP contribution in [-0.4, -0.2) is 30.3 Å². The third kappa shape index (κ3) is 8.35. The lowest BCUT2D eigenvalue weighted by atomic mass is 10.1. The van der Waals surface area contributed by atoms with Gasteiger partial charge in [-0.3, -0.25) is 4.79 Å². The zero-order chi connectivity index (χ0) is 15.7. The van der Waals surface area contributed by atoms with Crippen LogP contribution in [0.2, 0.25) is 0 Å². The first kappa shape index (κ1) is 17.5. The molecule has 0 fully saturated rings. The number of carbonyl (C=O) groups is 1. The van der Waals surface area contributed by atoms with E-state index in [0.717, 1.165) is 11.3 Å². The molecular weight excluding hydrogens is 266 g/mol. The summed E-state index contributed by atoms with van der Waals surface area (Å²) in [5.74, 6) is 1.23. The van der Waals surface area contributed by atoms with Crippen molar-refractivity contribution < 1.29 is 14.6 Å².